The summed E-state index contributed by atoms with van der Waals surface area (Å²) in [7, 11) is 0. The average Bonchev–Trinajstić information content (AvgIpc) is 2.89. The highest BCUT2D eigenvalue weighted by Crippen LogP contribution is 2.19. The summed E-state index contributed by atoms with van der Waals surface area (Å²) >= 11 is 5.89. The molecule has 0 bridgehead atoms. The first kappa shape index (κ1) is 12.4. The minimum Gasteiger partial charge on any atom is -0.328 e. The second-order valence-electron chi connectivity index (χ2n) is 5.04. The maximum Gasteiger partial charge on any atom is 0.224 e. The van der Waals surface area contributed by atoms with Crippen molar-refractivity contribution < 1.29 is 0 Å². The predicted octanol–water partition coefficient (Wildman–Crippen LogP) is 4.29. The smallest absolute Gasteiger partial charge is 0.224 e. The van der Waals surface area contributed by atoms with Crippen LogP contribution in [0.15, 0.2) is 60.9 Å². The van der Waals surface area contributed by atoms with Crippen molar-refractivity contribution in [3.63, 3.8) is 0 Å². The summed E-state index contributed by atoms with van der Waals surface area (Å²) in [6.07, 6.45) is 3.77. The maximum atomic E-state index is 5.89. The van der Waals surface area contributed by atoms with Crippen molar-refractivity contribution >= 4 is 33.4 Å². The first-order valence-corrected chi connectivity index (χ1v) is 7.12. The second kappa shape index (κ2) is 4.86. The molecule has 0 saturated heterocycles. The third-order valence-electron chi connectivity index (χ3n) is 3.64. The first-order valence-electron chi connectivity index (χ1n) is 6.75. The molecule has 0 N–H and O–H groups in total. The SMILES string of the molecule is Clc1ncc2ccn(Cc3ccc4ccccc4c3)c2n1. The van der Waals surface area contributed by atoms with Crippen LogP contribution in [0, 0.1) is 0 Å². The van der Waals surface area contributed by atoms with Gasteiger partial charge in [0.15, 0.2) is 0 Å². The molecule has 2 heterocycles. The fraction of sp³-hybridized carbons (Fsp3) is 0.0588. The summed E-state index contributed by atoms with van der Waals surface area (Å²) in [5.74, 6) is 0. The van der Waals surface area contributed by atoms with Gasteiger partial charge < -0.3 is 4.57 Å². The highest BCUT2D eigenvalue weighted by Gasteiger charge is 2.05. The Balaban J connectivity index is 1.77. The van der Waals surface area contributed by atoms with Crippen molar-refractivity contribution in [3.8, 4) is 0 Å². The Morgan fingerprint density at radius 3 is 2.71 bits per heavy atom. The molecular weight excluding hydrogens is 282 g/mol. The molecule has 4 heteroatoms. The fourth-order valence-electron chi connectivity index (χ4n) is 2.61. The van der Waals surface area contributed by atoms with Gasteiger partial charge in [-0.3, -0.25) is 0 Å². The lowest BCUT2D eigenvalue weighted by Crippen LogP contribution is -1.99. The largest absolute Gasteiger partial charge is 0.328 e. The van der Waals surface area contributed by atoms with Gasteiger partial charge in [-0.2, -0.15) is 4.98 Å². The van der Waals surface area contributed by atoms with E-state index >= 15 is 0 Å². The van der Waals surface area contributed by atoms with Gasteiger partial charge in [0.25, 0.3) is 0 Å². The minimum absolute atomic E-state index is 0.279. The molecule has 0 amide bonds. The molecule has 4 rings (SSSR count). The van der Waals surface area contributed by atoms with Crippen molar-refractivity contribution in [3.05, 3.63) is 71.8 Å². The normalized spacial score (nSPS) is 11.3. The Hall–Kier alpha value is -2.39. The van der Waals surface area contributed by atoms with Gasteiger partial charge in [0, 0.05) is 24.3 Å². The Kier molecular flexibility index (Phi) is 2.86. The van der Waals surface area contributed by atoms with Crippen LogP contribution in [0.1, 0.15) is 5.56 Å². The zero-order valence-electron chi connectivity index (χ0n) is 11.2. The number of hydrogen-bond acceptors (Lipinski definition) is 2. The van der Waals surface area contributed by atoms with Gasteiger partial charge in [-0.05, 0) is 40.1 Å². The van der Waals surface area contributed by atoms with Crippen molar-refractivity contribution in [1.29, 1.82) is 0 Å². The van der Waals surface area contributed by atoms with Crippen molar-refractivity contribution in [2.45, 2.75) is 6.54 Å². The summed E-state index contributed by atoms with van der Waals surface area (Å²) in [5, 5.41) is 3.78. The number of hydrogen-bond donors (Lipinski definition) is 0. The summed E-state index contributed by atoms with van der Waals surface area (Å²) in [5.41, 5.74) is 2.10. The third-order valence-corrected chi connectivity index (χ3v) is 3.82. The molecular formula is C17H12ClN3. The highest BCUT2D eigenvalue weighted by atomic mass is 35.5. The van der Waals surface area contributed by atoms with E-state index in [9.17, 15) is 0 Å². The van der Waals surface area contributed by atoms with Gasteiger partial charge in [-0.1, -0.05) is 36.4 Å². The van der Waals surface area contributed by atoms with Crippen LogP contribution >= 0.6 is 11.6 Å². The zero-order chi connectivity index (χ0) is 14.2. The number of rotatable bonds is 2. The number of benzene rings is 2. The van der Waals surface area contributed by atoms with Crippen LogP contribution in [-0.4, -0.2) is 14.5 Å². The quantitative estimate of drug-likeness (QED) is 0.516. The van der Waals surface area contributed by atoms with Gasteiger partial charge >= 0.3 is 0 Å². The van der Waals surface area contributed by atoms with Gasteiger partial charge in [0.2, 0.25) is 5.28 Å². The molecule has 0 unspecified atom stereocenters. The van der Waals surface area contributed by atoms with E-state index in [1.54, 1.807) is 6.20 Å². The van der Waals surface area contributed by atoms with E-state index in [1.807, 2.05) is 12.3 Å². The van der Waals surface area contributed by atoms with Crippen molar-refractivity contribution in [1.82, 2.24) is 14.5 Å². The summed E-state index contributed by atoms with van der Waals surface area (Å²) in [4.78, 5) is 8.32. The van der Waals surface area contributed by atoms with Crippen LogP contribution in [-0.2, 0) is 6.54 Å². The summed E-state index contributed by atoms with van der Waals surface area (Å²) < 4.78 is 2.09. The lowest BCUT2D eigenvalue weighted by atomic mass is 10.1. The van der Waals surface area contributed by atoms with E-state index in [0.29, 0.717) is 0 Å². The molecule has 0 atom stereocenters. The molecule has 0 aliphatic heterocycles. The van der Waals surface area contributed by atoms with Crippen molar-refractivity contribution in [2.75, 3.05) is 0 Å². The van der Waals surface area contributed by atoms with Gasteiger partial charge in [0.05, 0.1) is 0 Å². The number of halogens is 1. The lowest BCUT2D eigenvalue weighted by molar-refractivity contribution is 0.825. The molecule has 0 spiro atoms. The van der Waals surface area contributed by atoms with E-state index < -0.39 is 0 Å². The number of nitrogens with zero attached hydrogens (tertiary/aromatic N) is 3. The van der Waals surface area contributed by atoms with Crippen LogP contribution < -0.4 is 0 Å². The maximum absolute atomic E-state index is 5.89. The molecule has 4 aromatic rings. The standard InChI is InChI=1S/C17H12ClN3/c18-17-19-10-15-7-8-21(16(15)20-17)11-12-5-6-13-3-1-2-4-14(13)9-12/h1-10H,11H2. The van der Waals surface area contributed by atoms with Crippen LogP contribution in [0.2, 0.25) is 5.28 Å². The van der Waals surface area contributed by atoms with Crippen LogP contribution in [0.3, 0.4) is 0 Å². The second-order valence-corrected chi connectivity index (χ2v) is 5.38. The molecule has 102 valence electrons. The minimum atomic E-state index is 0.279. The topological polar surface area (TPSA) is 30.7 Å². The molecule has 3 nitrogen and oxygen atoms in total. The van der Waals surface area contributed by atoms with Gasteiger partial charge in [0.1, 0.15) is 5.65 Å². The van der Waals surface area contributed by atoms with Crippen LogP contribution in [0.4, 0.5) is 0 Å². The molecule has 21 heavy (non-hydrogen) atoms. The zero-order valence-corrected chi connectivity index (χ0v) is 12.0. The van der Waals surface area contributed by atoms with Crippen molar-refractivity contribution in [2.24, 2.45) is 0 Å². The predicted molar refractivity (Wildman–Crippen MR) is 85.6 cm³/mol. The molecule has 0 aliphatic carbocycles. The summed E-state index contributed by atoms with van der Waals surface area (Å²) in [6.45, 7) is 0.766. The average molecular weight is 294 g/mol. The molecule has 2 aromatic heterocycles. The van der Waals surface area contributed by atoms with E-state index in [1.165, 1.54) is 16.3 Å². The third kappa shape index (κ3) is 2.26. The fourth-order valence-corrected chi connectivity index (χ4v) is 2.74. The van der Waals surface area contributed by atoms with E-state index in [4.69, 9.17) is 11.6 Å². The molecule has 2 aromatic carbocycles. The van der Waals surface area contributed by atoms with Gasteiger partial charge in [-0.15, -0.1) is 0 Å². The first-order chi connectivity index (χ1) is 10.3. The Labute approximate surface area is 126 Å². The van der Waals surface area contributed by atoms with E-state index in [0.717, 1.165) is 17.6 Å². The van der Waals surface area contributed by atoms with Gasteiger partial charge in [-0.25, -0.2) is 4.98 Å². The Morgan fingerprint density at radius 1 is 0.952 bits per heavy atom. The molecule has 0 fully saturated rings. The molecule has 0 radical (unpaired) electrons. The Bertz CT molecular complexity index is 943. The lowest BCUT2D eigenvalue weighted by Gasteiger charge is -2.06. The number of aromatic nitrogens is 3. The van der Waals surface area contributed by atoms with Crippen LogP contribution in [0.25, 0.3) is 21.8 Å². The summed E-state index contributed by atoms with van der Waals surface area (Å²) in [6, 6.07) is 16.9. The van der Waals surface area contributed by atoms with E-state index in [2.05, 4.69) is 57.0 Å². The Morgan fingerprint density at radius 2 is 1.81 bits per heavy atom. The monoisotopic (exact) mass is 293 g/mol. The van der Waals surface area contributed by atoms with E-state index in [-0.39, 0.29) is 5.28 Å². The molecule has 0 aliphatic rings. The molecule has 0 saturated carbocycles. The highest BCUT2D eigenvalue weighted by molar-refractivity contribution is 6.28. The number of fused-ring (bicyclic) bond motifs is 2. The van der Waals surface area contributed by atoms with Crippen LogP contribution in [0.5, 0.6) is 0 Å².